The van der Waals surface area contributed by atoms with E-state index in [0.29, 0.717) is 5.02 Å². The molecule has 2 aromatic rings. The molecular weight excluding hydrogens is 355 g/mol. The van der Waals surface area contributed by atoms with Gasteiger partial charge in [0.25, 0.3) is 0 Å². The monoisotopic (exact) mass is 364 g/mol. The number of rotatable bonds is 3. The molecule has 0 saturated heterocycles. The summed E-state index contributed by atoms with van der Waals surface area (Å²) in [5, 5.41) is 0.431. The Kier molecular flexibility index (Phi) is 4.59. The first-order valence-electron chi connectivity index (χ1n) is 5.26. The molecule has 0 spiro atoms. The molecule has 0 N–H and O–H groups in total. The minimum Gasteiger partial charge on any atom is -0.496 e. The van der Waals surface area contributed by atoms with Crippen LogP contribution in [0.4, 0.5) is 0 Å². The molecule has 1 aromatic carbocycles. The number of aryl methyl sites for hydroxylation is 1. The summed E-state index contributed by atoms with van der Waals surface area (Å²) in [4.78, 5) is 0.998. The zero-order valence-electron chi connectivity index (χ0n) is 9.84. The van der Waals surface area contributed by atoms with Crippen LogP contribution < -0.4 is 4.74 Å². The average Bonchev–Trinajstić information content (AvgIpc) is 2.68. The summed E-state index contributed by atoms with van der Waals surface area (Å²) in [6.07, 6.45) is 0. The number of hydrogen-bond acceptors (Lipinski definition) is 2. The Hall–Kier alpha value is -0.220. The summed E-state index contributed by atoms with van der Waals surface area (Å²) in [7, 11) is 1.65. The standard InChI is InChI=1S/C13H11BrCl2OS/c1-7-3-4-10(17-2)8(5-7)12(16)11-6-9(15)13(14)18-11/h3-6,12H,1-2H3. The maximum Gasteiger partial charge on any atom is 0.123 e. The van der Waals surface area contributed by atoms with Crippen molar-refractivity contribution < 1.29 is 4.74 Å². The molecule has 1 aromatic heterocycles. The third-order valence-corrected chi connectivity index (χ3v) is 5.71. The maximum atomic E-state index is 6.52. The molecule has 0 bridgehead atoms. The van der Waals surface area contributed by atoms with E-state index in [2.05, 4.69) is 15.9 Å². The number of halogens is 3. The summed E-state index contributed by atoms with van der Waals surface area (Å²) >= 11 is 17.5. The largest absolute Gasteiger partial charge is 0.496 e. The minimum absolute atomic E-state index is 0.256. The molecule has 0 amide bonds. The van der Waals surface area contributed by atoms with E-state index >= 15 is 0 Å². The van der Waals surface area contributed by atoms with Gasteiger partial charge in [0.2, 0.25) is 0 Å². The van der Waals surface area contributed by atoms with Crippen LogP contribution >= 0.6 is 50.5 Å². The van der Waals surface area contributed by atoms with Crippen molar-refractivity contribution in [2.24, 2.45) is 0 Å². The van der Waals surface area contributed by atoms with Crippen molar-refractivity contribution in [3.8, 4) is 5.75 Å². The lowest BCUT2D eigenvalue weighted by Crippen LogP contribution is -1.96. The van der Waals surface area contributed by atoms with Gasteiger partial charge in [-0.05, 0) is 35.0 Å². The van der Waals surface area contributed by atoms with E-state index < -0.39 is 0 Å². The van der Waals surface area contributed by atoms with Crippen LogP contribution in [0.25, 0.3) is 0 Å². The van der Waals surface area contributed by atoms with Crippen LogP contribution in [0, 0.1) is 6.92 Å². The molecule has 0 fully saturated rings. The van der Waals surface area contributed by atoms with Crippen molar-refractivity contribution in [1.29, 1.82) is 0 Å². The summed E-state index contributed by atoms with van der Waals surface area (Å²) in [5.41, 5.74) is 2.11. The SMILES string of the molecule is COc1ccc(C)cc1C(Cl)c1cc(Cl)c(Br)s1. The topological polar surface area (TPSA) is 9.23 Å². The molecular formula is C13H11BrCl2OS. The number of methoxy groups -OCH3 is 1. The number of benzene rings is 1. The van der Waals surface area contributed by atoms with E-state index in [-0.39, 0.29) is 5.38 Å². The van der Waals surface area contributed by atoms with Crippen LogP contribution in [0.2, 0.25) is 5.02 Å². The smallest absolute Gasteiger partial charge is 0.123 e. The molecule has 2 rings (SSSR count). The highest BCUT2D eigenvalue weighted by molar-refractivity contribution is 9.11. The zero-order chi connectivity index (χ0) is 13.3. The van der Waals surface area contributed by atoms with Gasteiger partial charge in [-0.2, -0.15) is 0 Å². The Morgan fingerprint density at radius 2 is 2.06 bits per heavy atom. The highest BCUT2D eigenvalue weighted by Gasteiger charge is 2.19. The second-order valence-electron chi connectivity index (χ2n) is 3.88. The fourth-order valence-electron chi connectivity index (χ4n) is 1.69. The van der Waals surface area contributed by atoms with Gasteiger partial charge >= 0.3 is 0 Å². The summed E-state index contributed by atoms with van der Waals surface area (Å²) < 4.78 is 6.25. The Labute approximate surface area is 129 Å². The van der Waals surface area contributed by atoms with Gasteiger partial charge in [-0.1, -0.05) is 29.3 Å². The van der Waals surface area contributed by atoms with E-state index in [9.17, 15) is 0 Å². The molecule has 5 heteroatoms. The fraction of sp³-hybridized carbons (Fsp3) is 0.231. The second kappa shape index (κ2) is 5.83. The molecule has 1 heterocycles. The third kappa shape index (κ3) is 2.85. The Morgan fingerprint density at radius 1 is 1.33 bits per heavy atom. The summed E-state index contributed by atoms with van der Waals surface area (Å²) in [6.45, 7) is 2.03. The van der Waals surface area contributed by atoms with Crippen LogP contribution in [-0.4, -0.2) is 7.11 Å². The van der Waals surface area contributed by atoms with E-state index in [4.69, 9.17) is 27.9 Å². The predicted molar refractivity (Wildman–Crippen MR) is 82.5 cm³/mol. The second-order valence-corrected chi connectivity index (χ2v) is 7.12. The van der Waals surface area contributed by atoms with E-state index in [1.165, 1.54) is 11.3 Å². The van der Waals surface area contributed by atoms with Gasteiger partial charge in [0, 0.05) is 10.4 Å². The summed E-state index contributed by atoms with van der Waals surface area (Å²) in [6, 6.07) is 7.86. The van der Waals surface area contributed by atoms with Gasteiger partial charge in [0.15, 0.2) is 0 Å². The van der Waals surface area contributed by atoms with Crippen molar-refractivity contribution >= 4 is 50.5 Å². The number of thiophene rings is 1. The summed E-state index contributed by atoms with van der Waals surface area (Å²) in [5.74, 6) is 0.793. The van der Waals surface area contributed by atoms with Crippen molar-refractivity contribution in [2.45, 2.75) is 12.3 Å². The number of ether oxygens (including phenoxy) is 1. The lowest BCUT2D eigenvalue weighted by atomic mass is 10.1. The number of hydrogen-bond donors (Lipinski definition) is 0. The first-order chi connectivity index (χ1) is 8.52. The number of alkyl halides is 1. The molecule has 0 radical (unpaired) electrons. The lowest BCUT2D eigenvalue weighted by molar-refractivity contribution is 0.410. The third-order valence-electron chi connectivity index (χ3n) is 2.57. The lowest BCUT2D eigenvalue weighted by Gasteiger charge is -2.13. The van der Waals surface area contributed by atoms with Crippen LogP contribution in [0.15, 0.2) is 28.1 Å². The molecule has 1 atom stereocenters. The molecule has 1 nitrogen and oxygen atoms in total. The van der Waals surface area contributed by atoms with E-state index in [1.807, 2.05) is 31.2 Å². The average molecular weight is 366 g/mol. The predicted octanol–water partition coefficient (Wildman–Crippen LogP) is 5.81. The first-order valence-corrected chi connectivity index (χ1v) is 7.68. The van der Waals surface area contributed by atoms with Gasteiger partial charge in [0.05, 0.1) is 21.3 Å². The first kappa shape index (κ1) is 14.2. The highest BCUT2D eigenvalue weighted by atomic mass is 79.9. The quantitative estimate of drug-likeness (QED) is 0.623. The van der Waals surface area contributed by atoms with Crippen LogP contribution in [0.5, 0.6) is 5.75 Å². The molecule has 0 aliphatic rings. The van der Waals surface area contributed by atoms with Crippen LogP contribution in [0.1, 0.15) is 21.4 Å². The molecule has 0 aliphatic heterocycles. The highest BCUT2D eigenvalue weighted by Crippen LogP contribution is 2.42. The van der Waals surface area contributed by atoms with Gasteiger partial charge in [0.1, 0.15) is 5.75 Å². The molecule has 18 heavy (non-hydrogen) atoms. The van der Waals surface area contributed by atoms with Crippen molar-refractivity contribution in [3.63, 3.8) is 0 Å². The van der Waals surface area contributed by atoms with Gasteiger partial charge in [-0.3, -0.25) is 0 Å². The Bertz CT molecular complexity index is 549. The molecule has 0 saturated carbocycles. The van der Waals surface area contributed by atoms with Gasteiger partial charge in [-0.15, -0.1) is 22.9 Å². The van der Waals surface area contributed by atoms with E-state index in [1.54, 1.807) is 7.11 Å². The van der Waals surface area contributed by atoms with Crippen molar-refractivity contribution in [3.05, 3.63) is 49.1 Å². The van der Waals surface area contributed by atoms with Gasteiger partial charge in [-0.25, -0.2) is 0 Å². The van der Waals surface area contributed by atoms with Gasteiger partial charge < -0.3 is 4.74 Å². The van der Waals surface area contributed by atoms with E-state index in [0.717, 1.165) is 25.5 Å². The maximum absolute atomic E-state index is 6.52. The zero-order valence-corrected chi connectivity index (χ0v) is 13.8. The van der Waals surface area contributed by atoms with Crippen molar-refractivity contribution in [2.75, 3.05) is 7.11 Å². The Balaban J connectivity index is 2.44. The molecule has 96 valence electrons. The molecule has 1 unspecified atom stereocenters. The van der Waals surface area contributed by atoms with Crippen LogP contribution in [-0.2, 0) is 0 Å². The van der Waals surface area contributed by atoms with Crippen LogP contribution in [0.3, 0.4) is 0 Å². The fourth-order valence-corrected chi connectivity index (χ4v) is 3.80. The minimum atomic E-state index is -0.256. The van der Waals surface area contributed by atoms with Crippen molar-refractivity contribution in [1.82, 2.24) is 0 Å². The Morgan fingerprint density at radius 3 is 2.61 bits per heavy atom. The molecule has 0 aliphatic carbocycles. The normalized spacial score (nSPS) is 12.5.